The monoisotopic (exact) mass is 237 g/mol. The second kappa shape index (κ2) is 3.64. The summed E-state index contributed by atoms with van der Waals surface area (Å²) in [6.07, 6.45) is 0.993. The molecule has 84 valence electrons. The van der Waals surface area contributed by atoms with Crippen LogP contribution in [0.2, 0.25) is 5.15 Å². The largest absolute Gasteiger partial charge is 0.496 e. The van der Waals surface area contributed by atoms with Gasteiger partial charge in [0, 0.05) is 31.3 Å². The highest BCUT2D eigenvalue weighted by molar-refractivity contribution is 6.30. The quantitative estimate of drug-likeness (QED) is 0.745. The van der Waals surface area contributed by atoms with Gasteiger partial charge in [0.05, 0.1) is 12.5 Å². The third kappa shape index (κ3) is 1.37. The molecule has 0 spiro atoms. The summed E-state index contributed by atoms with van der Waals surface area (Å²) in [5, 5.41) is 4.85. The van der Waals surface area contributed by atoms with Gasteiger partial charge in [-0.15, -0.1) is 0 Å². The second-order valence-electron chi connectivity index (χ2n) is 3.88. The van der Waals surface area contributed by atoms with Gasteiger partial charge in [-0.25, -0.2) is 4.98 Å². The smallest absolute Gasteiger partial charge is 0.143 e. The number of hydrogen-bond acceptors (Lipinski definition) is 3. The molecule has 2 N–H and O–H groups in total. The first-order valence-electron chi connectivity index (χ1n) is 5.24. The fourth-order valence-electron chi connectivity index (χ4n) is 2.24. The Hall–Kier alpha value is -1.26. The van der Waals surface area contributed by atoms with Crippen LogP contribution in [0.4, 0.5) is 0 Å². The number of methoxy groups -OCH3 is 1. The minimum atomic E-state index is 0.455. The third-order valence-electron chi connectivity index (χ3n) is 2.96. The van der Waals surface area contributed by atoms with Crippen LogP contribution in [0.3, 0.4) is 0 Å². The molecule has 0 saturated heterocycles. The molecule has 0 unspecified atom stereocenters. The van der Waals surface area contributed by atoms with Crippen molar-refractivity contribution in [2.75, 3.05) is 13.7 Å². The Labute approximate surface area is 98.0 Å². The number of H-pyrrole nitrogens is 1. The van der Waals surface area contributed by atoms with Crippen LogP contribution >= 0.6 is 11.6 Å². The molecule has 0 aromatic carbocycles. The zero-order chi connectivity index (χ0) is 11.1. The molecular weight excluding hydrogens is 226 g/mol. The lowest BCUT2D eigenvalue weighted by molar-refractivity contribution is 0.419. The molecule has 0 aliphatic carbocycles. The van der Waals surface area contributed by atoms with Gasteiger partial charge >= 0.3 is 0 Å². The Morgan fingerprint density at radius 3 is 3.19 bits per heavy atom. The van der Waals surface area contributed by atoms with E-state index < -0.39 is 0 Å². The van der Waals surface area contributed by atoms with Crippen molar-refractivity contribution in [1.82, 2.24) is 15.3 Å². The molecule has 4 nitrogen and oxygen atoms in total. The van der Waals surface area contributed by atoms with Crippen molar-refractivity contribution >= 4 is 22.6 Å². The van der Waals surface area contributed by atoms with Crippen LogP contribution < -0.4 is 10.1 Å². The maximum atomic E-state index is 5.94. The van der Waals surface area contributed by atoms with Crippen molar-refractivity contribution in [1.29, 1.82) is 0 Å². The average Bonchev–Trinajstić information content (AvgIpc) is 2.65. The maximum absolute atomic E-state index is 5.94. The minimum absolute atomic E-state index is 0.455. The van der Waals surface area contributed by atoms with E-state index in [1.54, 1.807) is 13.2 Å². The van der Waals surface area contributed by atoms with E-state index in [1.165, 1.54) is 11.3 Å². The molecule has 0 bridgehead atoms. The van der Waals surface area contributed by atoms with Crippen LogP contribution in [-0.4, -0.2) is 23.6 Å². The van der Waals surface area contributed by atoms with Crippen LogP contribution in [-0.2, 0) is 13.0 Å². The summed E-state index contributed by atoms with van der Waals surface area (Å²) in [6, 6.07) is 1.76. The summed E-state index contributed by atoms with van der Waals surface area (Å²) in [5.41, 5.74) is 3.31. The molecule has 0 atom stereocenters. The summed E-state index contributed by atoms with van der Waals surface area (Å²) in [4.78, 5) is 7.61. The third-order valence-corrected chi connectivity index (χ3v) is 3.15. The summed E-state index contributed by atoms with van der Waals surface area (Å²) in [5.74, 6) is 0.788. The van der Waals surface area contributed by atoms with E-state index in [0.29, 0.717) is 5.15 Å². The second-order valence-corrected chi connectivity index (χ2v) is 4.27. The van der Waals surface area contributed by atoms with Crippen LogP contribution in [0.15, 0.2) is 6.07 Å². The van der Waals surface area contributed by atoms with Crippen LogP contribution in [0, 0.1) is 0 Å². The number of nitrogens with one attached hydrogen (secondary N) is 2. The zero-order valence-corrected chi connectivity index (χ0v) is 9.69. The average molecular weight is 238 g/mol. The highest BCUT2D eigenvalue weighted by Gasteiger charge is 2.19. The van der Waals surface area contributed by atoms with Gasteiger partial charge in [-0.1, -0.05) is 11.6 Å². The number of pyridine rings is 1. The number of ether oxygens (including phenoxy) is 1. The summed E-state index contributed by atoms with van der Waals surface area (Å²) in [6.45, 7) is 1.85. The van der Waals surface area contributed by atoms with E-state index in [2.05, 4.69) is 15.3 Å². The van der Waals surface area contributed by atoms with Gasteiger partial charge < -0.3 is 15.0 Å². The fourth-order valence-corrected chi connectivity index (χ4v) is 2.42. The van der Waals surface area contributed by atoms with Crippen LogP contribution in [0.1, 0.15) is 11.3 Å². The first-order valence-corrected chi connectivity index (χ1v) is 5.62. The fraction of sp³-hybridized carbons (Fsp3) is 0.364. The van der Waals surface area contributed by atoms with Gasteiger partial charge in [0.2, 0.25) is 0 Å². The first kappa shape index (κ1) is 9.93. The maximum Gasteiger partial charge on any atom is 0.143 e. The Balaban J connectivity index is 2.34. The van der Waals surface area contributed by atoms with E-state index in [0.717, 1.165) is 36.3 Å². The normalized spacial score (nSPS) is 15.1. The summed E-state index contributed by atoms with van der Waals surface area (Å²) in [7, 11) is 1.65. The number of fused-ring (bicyclic) bond motifs is 3. The molecular formula is C11H12ClN3O. The van der Waals surface area contributed by atoms with Gasteiger partial charge in [-0.3, -0.25) is 0 Å². The number of halogens is 1. The van der Waals surface area contributed by atoms with Gasteiger partial charge in [0.1, 0.15) is 16.5 Å². The van der Waals surface area contributed by atoms with E-state index in [4.69, 9.17) is 16.3 Å². The van der Waals surface area contributed by atoms with Crippen LogP contribution in [0.25, 0.3) is 11.0 Å². The molecule has 0 saturated carbocycles. The number of rotatable bonds is 1. The summed E-state index contributed by atoms with van der Waals surface area (Å²) >= 11 is 5.94. The lowest BCUT2D eigenvalue weighted by Gasteiger charge is -2.13. The Bertz CT molecular complexity index is 550. The van der Waals surface area contributed by atoms with Crippen LogP contribution in [0.5, 0.6) is 5.75 Å². The molecule has 3 heterocycles. The van der Waals surface area contributed by atoms with Gasteiger partial charge in [-0.05, 0) is 5.56 Å². The van der Waals surface area contributed by atoms with Crippen molar-refractivity contribution in [2.45, 2.75) is 13.0 Å². The lowest BCUT2D eigenvalue weighted by Crippen LogP contribution is -2.22. The highest BCUT2D eigenvalue weighted by atomic mass is 35.5. The van der Waals surface area contributed by atoms with Crippen molar-refractivity contribution in [3.63, 3.8) is 0 Å². The molecule has 1 aliphatic heterocycles. The Morgan fingerprint density at radius 1 is 1.50 bits per heavy atom. The van der Waals surface area contributed by atoms with Gasteiger partial charge in [-0.2, -0.15) is 0 Å². The predicted octanol–water partition coefficient (Wildman–Crippen LogP) is 1.87. The molecule has 16 heavy (non-hydrogen) atoms. The van der Waals surface area contributed by atoms with Crippen molar-refractivity contribution in [3.8, 4) is 5.75 Å². The molecule has 0 amide bonds. The summed E-state index contributed by atoms with van der Waals surface area (Å²) < 4.78 is 5.36. The molecule has 5 heteroatoms. The Morgan fingerprint density at radius 2 is 2.38 bits per heavy atom. The molecule has 3 rings (SSSR count). The van der Waals surface area contributed by atoms with Gasteiger partial charge in [0.25, 0.3) is 0 Å². The molecule has 0 fully saturated rings. The zero-order valence-electron chi connectivity index (χ0n) is 8.93. The topological polar surface area (TPSA) is 49.9 Å². The highest BCUT2D eigenvalue weighted by Crippen LogP contribution is 2.33. The van der Waals surface area contributed by atoms with E-state index >= 15 is 0 Å². The van der Waals surface area contributed by atoms with Crippen molar-refractivity contribution in [2.24, 2.45) is 0 Å². The molecule has 0 radical (unpaired) electrons. The number of nitrogens with zero attached hydrogens (tertiary/aromatic N) is 1. The SMILES string of the molecule is COc1cc(Cl)nc2[nH]c3c(c12)CNCC3. The number of aromatic nitrogens is 2. The van der Waals surface area contributed by atoms with E-state index in [-0.39, 0.29) is 0 Å². The molecule has 2 aromatic heterocycles. The Kier molecular flexibility index (Phi) is 2.26. The molecule has 1 aliphatic rings. The van der Waals surface area contributed by atoms with Gasteiger partial charge in [0.15, 0.2) is 0 Å². The van der Waals surface area contributed by atoms with Crippen molar-refractivity contribution < 1.29 is 4.74 Å². The predicted molar refractivity (Wildman–Crippen MR) is 63.1 cm³/mol. The minimum Gasteiger partial charge on any atom is -0.496 e. The number of aromatic amines is 1. The van der Waals surface area contributed by atoms with E-state index in [1.807, 2.05) is 0 Å². The first-order chi connectivity index (χ1) is 7.79. The number of hydrogen-bond donors (Lipinski definition) is 2. The van der Waals surface area contributed by atoms with E-state index in [9.17, 15) is 0 Å². The molecule has 2 aromatic rings. The standard InChI is InChI=1S/C11H12ClN3O/c1-16-8-4-9(12)15-11-10(8)6-5-13-3-2-7(6)14-11/h4,13H,2-3,5H2,1H3,(H,14,15). The van der Waals surface area contributed by atoms with Crippen molar-refractivity contribution in [3.05, 3.63) is 22.5 Å². The lowest BCUT2D eigenvalue weighted by atomic mass is 10.1.